The average molecular weight is 427 g/mol. The fourth-order valence-electron chi connectivity index (χ4n) is 4.13. The van der Waals surface area contributed by atoms with E-state index < -0.39 is 0 Å². The molecule has 0 fully saturated rings. The molecule has 1 aromatic carbocycles. The smallest absolute Gasteiger partial charge is 0.126 e. The zero-order valence-corrected chi connectivity index (χ0v) is 20.5. The number of aliphatic hydroxyl groups excluding tert-OH is 1. The van der Waals surface area contributed by atoms with Gasteiger partial charge in [0.15, 0.2) is 0 Å². The zero-order chi connectivity index (χ0) is 23.0. The van der Waals surface area contributed by atoms with E-state index in [2.05, 4.69) is 39.0 Å². The van der Waals surface area contributed by atoms with Gasteiger partial charge in [-0.1, -0.05) is 34.9 Å². The Morgan fingerprint density at radius 2 is 1.55 bits per heavy atom. The molecular weight excluding hydrogens is 384 g/mol. The van der Waals surface area contributed by atoms with Gasteiger partial charge in [-0.2, -0.15) is 0 Å². The molecule has 0 aromatic heterocycles. The number of fused-ring (bicyclic) bond motifs is 1. The number of benzene rings is 1. The number of hydrogen-bond acceptors (Lipinski definition) is 3. The maximum Gasteiger partial charge on any atom is 0.126 e. The standard InChI is InChI=1S/C28H42O3/c1-20(12-8-13-22(3)19-29)10-7-11-21(2)14-9-16-28(6)17-15-25-18-26(30)23(4)24(5)27(25)31-28/h10,13-14,18,29-30H,7-9,11-12,15-17,19H2,1-6H3/b20-10+,21-14+,22-13+/t28-/m0/s1. The second kappa shape index (κ2) is 11.6. The number of phenolic OH excluding ortho intramolecular Hbond substituents is 1. The SMILES string of the molecule is C/C(=C\CC/C(C)=C/CC/C(C)=C/CC[C@@]1(C)CCc2cc(O)c(C)c(C)c2O1)CO. The summed E-state index contributed by atoms with van der Waals surface area (Å²) in [6.45, 7) is 12.8. The third-order valence-corrected chi connectivity index (χ3v) is 6.64. The van der Waals surface area contributed by atoms with Crippen molar-refractivity contribution in [1.82, 2.24) is 0 Å². The first-order valence-corrected chi connectivity index (χ1v) is 11.7. The summed E-state index contributed by atoms with van der Waals surface area (Å²) in [5, 5.41) is 19.1. The minimum Gasteiger partial charge on any atom is -0.508 e. The van der Waals surface area contributed by atoms with E-state index in [1.165, 1.54) is 11.1 Å². The Morgan fingerprint density at radius 1 is 0.968 bits per heavy atom. The van der Waals surface area contributed by atoms with Crippen LogP contribution >= 0.6 is 0 Å². The fourth-order valence-corrected chi connectivity index (χ4v) is 4.13. The van der Waals surface area contributed by atoms with E-state index in [4.69, 9.17) is 9.84 Å². The number of aryl methyl sites for hydroxylation is 1. The molecule has 2 rings (SSSR count). The molecule has 1 atom stereocenters. The van der Waals surface area contributed by atoms with Gasteiger partial charge in [-0.05, 0) is 116 Å². The molecule has 172 valence electrons. The summed E-state index contributed by atoms with van der Waals surface area (Å²) in [5.41, 5.74) is 6.89. The second-order valence-corrected chi connectivity index (χ2v) is 9.61. The van der Waals surface area contributed by atoms with Crippen molar-refractivity contribution < 1.29 is 14.9 Å². The first-order valence-electron chi connectivity index (χ1n) is 11.7. The van der Waals surface area contributed by atoms with Crippen LogP contribution in [0.2, 0.25) is 0 Å². The molecule has 1 aromatic rings. The number of rotatable bonds is 10. The van der Waals surface area contributed by atoms with Crippen LogP contribution in [-0.2, 0) is 6.42 Å². The third kappa shape index (κ3) is 7.57. The Balaban J connectivity index is 1.81. The monoisotopic (exact) mass is 426 g/mol. The lowest BCUT2D eigenvalue weighted by molar-refractivity contribution is 0.0560. The molecule has 2 N–H and O–H groups in total. The Labute approximate surface area is 189 Å². The first kappa shape index (κ1) is 25.3. The van der Waals surface area contributed by atoms with Gasteiger partial charge in [0.05, 0.1) is 6.61 Å². The van der Waals surface area contributed by atoms with Crippen molar-refractivity contribution in [1.29, 1.82) is 0 Å². The lowest BCUT2D eigenvalue weighted by Gasteiger charge is -2.37. The molecule has 0 bridgehead atoms. The van der Waals surface area contributed by atoms with Crippen molar-refractivity contribution in [3.05, 3.63) is 57.7 Å². The number of aliphatic hydroxyl groups is 1. The molecule has 0 radical (unpaired) electrons. The molecule has 1 aliphatic heterocycles. The van der Waals surface area contributed by atoms with Crippen LogP contribution in [0.3, 0.4) is 0 Å². The molecule has 0 saturated heterocycles. The zero-order valence-electron chi connectivity index (χ0n) is 20.5. The highest BCUT2D eigenvalue weighted by Crippen LogP contribution is 2.41. The predicted molar refractivity (Wildman–Crippen MR) is 131 cm³/mol. The molecule has 3 nitrogen and oxygen atoms in total. The lowest BCUT2D eigenvalue weighted by atomic mass is 9.87. The summed E-state index contributed by atoms with van der Waals surface area (Å²) in [4.78, 5) is 0. The maximum atomic E-state index is 10.1. The fraction of sp³-hybridized carbons (Fsp3) is 0.571. The van der Waals surface area contributed by atoms with Crippen LogP contribution in [0.4, 0.5) is 0 Å². The van der Waals surface area contributed by atoms with E-state index in [1.807, 2.05) is 26.8 Å². The highest BCUT2D eigenvalue weighted by atomic mass is 16.5. The van der Waals surface area contributed by atoms with E-state index >= 15 is 0 Å². The lowest BCUT2D eigenvalue weighted by Crippen LogP contribution is -2.36. The molecular formula is C28H42O3. The maximum absolute atomic E-state index is 10.1. The van der Waals surface area contributed by atoms with Gasteiger partial charge in [0.1, 0.15) is 17.1 Å². The van der Waals surface area contributed by atoms with Crippen molar-refractivity contribution in [3.63, 3.8) is 0 Å². The van der Waals surface area contributed by atoms with Crippen molar-refractivity contribution in [2.24, 2.45) is 0 Å². The van der Waals surface area contributed by atoms with Gasteiger partial charge < -0.3 is 14.9 Å². The Bertz CT molecular complexity index is 844. The summed E-state index contributed by atoms with van der Waals surface area (Å²) in [6, 6.07) is 1.88. The van der Waals surface area contributed by atoms with Crippen LogP contribution < -0.4 is 4.74 Å². The molecule has 1 aliphatic rings. The third-order valence-electron chi connectivity index (χ3n) is 6.64. The van der Waals surface area contributed by atoms with Gasteiger partial charge in [0.2, 0.25) is 0 Å². The predicted octanol–water partition coefficient (Wildman–Crippen LogP) is 7.26. The van der Waals surface area contributed by atoms with Gasteiger partial charge in [-0.3, -0.25) is 0 Å². The molecule has 0 spiro atoms. The molecule has 31 heavy (non-hydrogen) atoms. The first-order chi connectivity index (χ1) is 14.6. The van der Waals surface area contributed by atoms with Crippen LogP contribution in [0.25, 0.3) is 0 Å². The molecule has 0 amide bonds. The Hall–Kier alpha value is -2.00. The van der Waals surface area contributed by atoms with Crippen molar-refractivity contribution in [2.45, 2.75) is 98.5 Å². The molecule has 0 aliphatic carbocycles. The van der Waals surface area contributed by atoms with Crippen LogP contribution in [0, 0.1) is 13.8 Å². The Kier molecular flexibility index (Phi) is 9.43. The number of phenols is 1. The summed E-state index contributed by atoms with van der Waals surface area (Å²) in [6.07, 6.45) is 15.1. The van der Waals surface area contributed by atoms with E-state index in [0.29, 0.717) is 5.75 Å². The van der Waals surface area contributed by atoms with Crippen LogP contribution in [-0.4, -0.2) is 22.4 Å². The minimum absolute atomic E-state index is 0.144. The quantitative estimate of drug-likeness (QED) is 0.387. The van der Waals surface area contributed by atoms with Crippen molar-refractivity contribution >= 4 is 0 Å². The van der Waals surface area contributed by atoms with E-state index in [1.54, 1.807) is 0 Å². The molecule has 0 saturated carbocycles. The summed E-state index contributed by atoms with van der Waals surface area (Å²) in [7, 11) is 0. The largest absolute Gasteiger partial charge is 0.508 e. The highest BCUT2D eigenvalue weighted by Gasteiger charge is 2.32. The van der Waals surface area contributed by atoms with Crippen molar-refractivity contribution in [2.75, 3.05) is 6.61 Å². The normalized spacial score (nSPS) is 19.9. The number of hydrogen-bond donors (Lipinski definition) is 2. The van der Waals surface area contributed by atoms with Crippen LogP contribution in [0.1, 0.15) is 89.3 Å². The Morgan fingerprint density at radius 3 is 2.16 bits per heavy atom. The number of allylic oxidation sites excluding steroid dienone is 5. The van der Waals surface area contributed by atoms with Gasteiger partial charge in [-0.25, -0.2) is 0 Å². The van der Waals surface area contributed by atoms with Gasteiger partial charge in [0, 0.05) is 0 Å². The molecule has 1 heterocycles. The van der Waals surface area contributed by atoms with E-state index in [0.717, 1.165) is 79.4 Å². The number of aromatic hydroxyl groups is 1. The number of ether oxygens (including phenoxy) is 1. The summed E-state index contributed by atoms with van der Waals surface area (Å²) in [5.74, 6) is 1.36. The molecule has 3 heteroatoms. The van der Waals surface area contributed by atoms with Crippen molar-refractivity contribution in [3.8, 4) is 11.5 Å². The van der Waals surface area contributed by atoms with Gasteiger partial charge >= 0.3 is 0 Å². The molecule has 0 unspecified atom stereocenters. The van der Waals surface area contributed by atoms with Gasteiger partial charge in [-0.15, -0.1) is 0 Å². The topological polar surface area (TPSA) is 49.7 Å². The summed E-state index contributed by atoms with van der Waals surface area (Å²) >= 11 is 0. The second-order valence-electron chi connectivity index (χ2n) is 9.61. The summed E-state index contributed by atoms with van der Waals surface area (Å²) < 4.78 is 6.47. The van der Waals surface area contributed by atoms with E-state index in [9.17, 15) is 5.11 Å². The van der Waals surface area contributed by atoms with E-state index in [-0.39, 0.29) is 12.2 Å². The average Bonchev–Trinajstić information content (AvgIpc) is 2.72. The highest BCUT2D eigenvalue weighted by molar-refractivity contribution is 5.53. The van der Waals surface area contributed by atoms with Crippen LogP contribution in [0.15, 0.2) is 41.0 Å². The minimum atomic E-state index is -0.144. The van der Waals surface area contributed by atoms with Crippen LogP contribution in [0.5, 0.6) is 11.5 Å². The van der Waals surface area contributed by atoms with Gasteiger partial charge in [0.25, 0.3) is 0 Å².